The number of amides is 3. The Morgan fingerprint density at radius 3 is 1.16 bits per heavy atom. The second-order valence-electron chi connectivity index (χ2n) is 10.6. The van der Waals surface area contributed by atoms with Gasteiger partial charge in [0.15, 0.2) is 0 Å². The summed E-state index contributed by atoms with van der Waals surface area (Å²) in [6.45, 7) is 22.5. The number of nitrogens with zero attached hydrogens (tertiary/aromatic N) is 3. The van der Waals surface area contributed by atoms with E-state index in [1.807, 2.05) is 4.90 Å². The van der Waals surface area contributed by atoms with Crippen molar-refractivity contribution in [1.82, 2.24) is 41.3 Å². The topological polar surface area (TPSA) is 147 Å². The highest BCUT2D eigenvalue weighted by Crippen LogP contribution is 2.01. The van der Waals surface area contributed by atoms with Crippen LogP contribution in [0.25, 0.3) is 0 Å². The van der Waals surface area contributed by atoms with Gasteiger partial charge in [0.05, 0.1) is 6.61 Å². The Labute approximate surface area is 260 Å². The first-order chi connectivity index (χ1) is 20.7. The molecule has 0 bridgehead atoms. The monoisotopic (exact) mass is 614 g/mol. The smallest absolute Gasteiger partial charge is 0.302 e. The molecule has 0 aromatic rings. The van der Waals surface area contributed by atoms with Gasteiger partial charge >= 0.3 is 5.97 Å². The van der Waals surface area contributed by atoms with Gasteiger partial charge in [-0.1, -0.05) is 0 Å². The third-order valence-electron chi connectivity index (χ3n) is 6.89. The van der Waals surface area contributed by atoms with Crippen LogP contribution in [0, 0.1) is 0 Å². The van der Waals surface area contributed by atoms with Crippen LogP contribution in [0.3, 0.4) is 0 Å². The van der Waals surface area contributed by atoms with Gasteiger partial charge in [0.25, 0.3) is 0 Å². The van der Waals surface area contributed by atoms with Crippen LogP contribution in [0.1, 0.15) is 60.3 Å². The van der Waals surface area contributed by atoms with Crippen molar-refractivity contribution in [3.8, 4) is 0 Å². The molecule has 3 amide bonds. The molecule has 0 saturated carbocycles. The Bertz CT molecular complexity index is 690. The van der Waals surface area contributed by atoms with Gasteiger partial charge in [-0.3, -0.25) is 19.2 Å². The van der Waals surface area contributed by atoms with E-state index in [0.717, 1.165) is 78.3 Å². The molecule has 2 heterocycles. The zero-order chi connectivity index (χ0) is 32.1. The molecule has 13 heteroatoms. The molecule has 2 aliphatic rings. The fraction of sp³-hybridized carbons (Fsp3) is 0.867. The Balaban J connectivity index is 0.000000743. The second-order valence-corrected chi connectivity index (χ2v) is 10.6. The predicted molar refractivity (Wildman–Crippen MR) is 172 cm³/mol. The van der Waals surface area contributed by atoms with E-state index >= 15 is 0 Å². The summed E-state index contributed by atoms with van der Waals surface area (Å²) in [6.07, 6.45) is 4.05. The van der Waals surface area contributed by atoms with Crippen molar-refractivity contribution < 1.29 is 23.9 Å². The van der Waals surface area contributed by atoms with Crippen LogP contribution in [0.5, 0.6) is 0 Å². The van der Waals surface area contributed by atoms with E-state index < -0.39 is 0 Å². The molecule has 43 heavy (non-hydrogen) atoms. The average molecular weight is 615 g/mol. The number of esters is 1. The minimum absolute atomic E-state index is 0.0108. The number of carbonyl (C=O) groups is 4. The lowest BCUT2D eigenvalue weighted by Crippen LogP contribution is -2.43. The highest BCUT2D eigenvalue weighted by molar-refractivity contribution is 5.74. The van der Waals surface area contributed by atoms with Crippen molar-refractivity contribution in [1.29, 1.82) is 0 Å². The fourth-order valence-electron chi connectivity index (χ4n) is 4.44. The number of hydrogen-bond acceptors (Lipinski definition) is 10. The first-order valence-corrected chi connectivity index (χ1v) is 16.1. The van der Waals surface area contributed by atoms with Crippen LogP contribution in [-0.4, -0.2) is 150 Å². The van der Waals surface area contributed by atoms with E-state index in [0.29, 0.717) is 45.9 Å². The lowest BCUT2D eigenvalue weighted by Gasteiger charge is -2.28. The molecule has 2 saturated heterocycles. The number of rotatable bonds is 1. The maximum Gasteiger partial charge on any atom is 0.302 e. The predicted octanol–water partition coefficient (Wildman–Crippen LogP) is -0.377. The van der Waals surface area contributed by atoms with Crippen LogP contribution in [-0.2, 0) is 23.9 Å². The van der Waals surface area contributed by atoms with Gasteiger partial charge in [0.1, 0.15) is 0 Å². The Morgan fingerprint density at radius 1 is 0.465 bits per heavy atom. The normalized spacial score (nSPS) is 19.1. The average Bonchev–Trinajstić information content (AvgIpc) is 2.95. The van der Waals surface area contributed by atoms with Gasteiger partial charge in [0.2, 0.25) is 17.7 Å². The minimum atomic E-state index is -0.211. The lowest BCUT2D eigenvalue weighted by molar-refractivity contribution is -0.140. The van der Waals surface area contributed by atoms with E-state index in [1.54, 1.807) is 37.5 Å². The highest BCUT2D eigenvalue weighted by atomic mass is 16.5. The zero-order valence-electron chi connectivity index (χ0n) is 27.7. The van der Waals surface area contributed by atoms with Crippen LogP contribution in [0.15, 0.2) is 0 Å². The summed E-state index contributed by atoms with van der Waals surface area (Å²) in [5.74, 6) is -0.0893. The van der Waals surface area contributed by atoms with Gasteiger partial charge < -0.3 is 46.0 Å². The van der Waals surface area contributed by atoms with Crippen LogP contribution in [0.2, 0.25) is 0 Å². The molecule has 2 aliphatic heterocycles. The summed E-state index contributed by atoms with van der Waals surface area (Å²) in [5, 5.41) is 17.0. The summed E-state index contributed by atoms with van der Waals surface area (Å²) in [7, 11) is 0. The molecule has 0 radical (unpaired) electrons. The number of hydrogen-bond donors (Lipinski definition) is 5. The zero-order valence-corrected chi connectivity index (χ0v) is 27.7. The first-order valence-electron chi connectivity index (χ1n) is 16.1. The SMILES string of the molecule is C1CNCCNCCCNCCNC1.CC(=O)N1CCCN(C(C)=O)CCN(C(C)=O)CCCNCC1.CCOC(C)=O. The second kappa shape index (κ2) is 28.5. The van der Waals surface area contributed by atoms with Gasteiger partial charge in [-0.15, -0.1) is 0 Å². The molecular weight excluding hydrogens is 552 g/mol. The van der Waals surface area contributed by atoms with Crippen molar-refractivity contribution in [2.45, 2.75) is 60.3 Å². The molecule has 0 aromatic heterocycles. The molecule has 2 fully saturated rings. The molecule has 0 unspecified atom stereocenters. The van der Waals surface area contributed by atoms with Crippen LogP contribution >= 0.6 is 0 Å². The summed E-state index contributed by atoms with van der Waals surface area (Å²) in [5.41, 5.74) is 0. The molecular formula is C30H62N8O5. The standard InChI is InChI=1S/C16H30N4O3.C10H24N4.C4H8O2/c1-14(21)18-9-5-10-20(16(3)23)13-12-19(15(2)22)8-4-6-17-7-11-18;1-3-11-7-9-13-5-2-6-14-10-8-12-4-1;1-3-6-4(2)5/h17H,4-13H2,1-3H3;11-14H,1-10H2;3H2,1-2H3. The summed E-state index contributed by atoms with van der Waals surface area (Å²) in [4.78, 5) is 50.3. The number of ether oxygens (including phenoxy) is 1. The quantitative estimate of drug-likeness (QED) is 0.248. The maximum absolute atomic E-state index is 11.8. The third kappa shape index (κ3) is 25.9. The van der Waals surface area contributed by atoms with Crippen molar-refractivity contribution in [2.75, 3.05) is 111 Å². The first kappa shape index (κ1) is 40.7. The molecule has 0 atom stereocenters. The fourth-order valence-corrected chi connectivity index (χ4v) is 4.44. The minimum Gasteiger partial charge on any atom is -0.466 e. The van der Waals surface area contributed by atoms with Crippen LogP contribution < -0.4 is 26.6 Å². The largest absolute Gasteiger partial charge is 0.466 e. The lowest BCUT2D eigenvalue weighted by atomic mass is 10.3. The highest BCUT2D eigenvalue weighted by Gasteiger charge is 2.15. The van der Waals surface area contributed by atoms with E-state index in [9.17, 15) is 19.2 Å². The molecule has 0 aliphatic carbocycles. The van der Waals surface area contributed by atoms with Gasteiger partial charge in [-0.25, -0.2) is 0 Å². The van der Waals surface area contributed by atoms with E-state index in [4.69, 9.17) is 0 Å². The Morgan fingerprint density at radius 2 is 0.814 bits per heavy atom. The Hall–Kier alpha value is -2.32. The molecule has 5 N–H and O–H groups in total. The molecule has 0 spiro atoms. The van der Waals surface area contributed by atoms with Crippen molar-refractivity contribution >= 4 is 23.7 Å². The van der Waals surface area contributed by atoms with Crippen molar-refractivity contribution in [3.05, 3.63) is 0 Å². The van der Waals surface area contributed by atoms with Crippen molar-refractivity contribution in [2.24, 2.45) is 0 Å². The molecule has 13 nitrogen and oxygen atoms in total. The van der Waals surface area contributed by atoms with E-state index in [-0.39, 0.29) is 23.7 Å². The molecule has 2 rings (SSSR count). The number of carbonyl (C=O) groups excluding carboxylic acids is 4. The maximum atomic E-state index is 11.8. The van der Waals surface area contributed by atoms with Gasteiger partial charge in [-0.2, -0.15) is 0 Å². The summed E-state index contributed by atoms with van der Waals surface area (Å²) in [6, 6.07) is 0. The van der Waals surface area contributed by atoms with Crippen molar-refractivity contribution in [3.63, 3.8) is 0 Å². The summed E-state index contributed by atoms with van der Waals surface area (Å²) < 4.78 is 4.40. The molecule has 252 valence electrons. The van der Waals surface area contributed by atoms with E-state index in [2.05, 4.69) is 31.3 Å². The third-order valence-corrected chi connectivity index (χ3v) is 6.89. The van der Waals surface area contributed by atoms with E-state index in [1.165, 1.54) is 19.8 Å². The van der Waals surface area contributed by atoms with Crippen LogP contribution in [0.4, 0.5) is 0 Å². The molecule has 0 aromatic carbocycles. The Kier molecular flexibility index (Phi) is 26.9. The van der Waals surface area contributed by atoms with Gasteiger partial charge in [0, 0.05) is 99.7 Å². The van der Waals surface area contributed by atoms with Gasteiger partial charge in [-0.05, 0) is 65.3 Å². The number of nitrogens with one attached hydrogen (secondary N) is 5. The summed E-state index contributed by atoms with van der Waals surface area (Å²) >= 11 is 0.